The Hall–Kier alpha value is -2.95. The smallest absolute Gasteiger partial charge is 0.226 e. The van der Waals surface area contributed by atoms with E-state index >= 15 is 0 Å². The van der Waals surface area contributed by atoms with Crippen LogP contribution >= 0.6 is 0 Å². The summed E-state index contributed by atoms with van der Waals surface area (Å²) in [5.41, 5.74) is 0.808. The van der Waals surface area contributed by atoms with Crippen LogP contribution in [0.1, 0.15) is 18.0 Å². The first kappa shape index (κ1) is 15.9. The third-order valence-corrected chi connectivity index (χ3v) is 3.75. The van der Waals surface area contributed by atoms with Gasteiger partial charge in [0.15, 0.2) is 0 Å². The summed E-state index contributed by atoms with van der Waals surface area (Å²) in [4.78, 5) is 12.3. The molecule has 0 saturated carbocycles. The molecule has 0 fully saturated rings. The van der Waals surface area contributed by atoms with Crippen molar-refractivity contribution in [3.05, 3.63) is 90.3 Å². The zero-order valence-corrected chi connectivity index (χ0v) is 12.8. The van der Waals surface area contributed by atoms with E-state index in [0.717, 1.165) is 0 Å². The molecule has 122 valence electrons. The van der Waals surface area contributed by atoms with Crippen molar-refractivity contribution in [1.82, 2.24) is 4.57 Å². The summed E-state index contributed by atoms with van der Waals surface area (Å²) in [5, 5.41) is 2.57. The molecule has 1 atom stereocenters. The van der Waals surface area contributed by atoms with E-state index in [2.05, 4.69) is 5.32 Å². The highest BCUT2D eigenvalue weighted by molar-refractivity contribution is 5.91. The summed E-state index contributed by atoms with van der Waals surface area (Å²) >= 11 is 0. The number of anilines is 1. The molecule has 1 heterocycles. The van der Waals surface area contributed by atoms with Gasteiger partial charge in [0.2, 0.25) is 5.91 Å². The normalized spacial score (nSPS) is 11.9. The molecule has 0 unspecified atom stereocenters. The molecule has 1 amide bonds. The predicted octanol–water partition coefficient (Wildman–Crippen LogP) is 4.38. The number of halogens is 2. The minimum Gasteiger partial charge on any atom is -0.346 e. The first-order valence-corrected chi connectivity index (χ1v) is 7.56. The largest absolute Gasteiger partial charge is 0.346 e. The van der Waals surface area contributed by atoms with Gasteiger partial charge in [-0.25, -0.2) is 8.78 Å². The quantitative estimate of drug-likeness (QED) is 0.741. The Bertz CT molecular complexity index is 831. The molecule has 0 radical (unpaired) electrons. The summed E-state index contributed by atoms with van der Waals surface area (Å²) in [7, 11) is 0. The minimum absolute atomic E-state index is 0.0620. The number of aromatic nitrogens is 1. The number of amides is 1. The molecule has 3 rings (SSSR count). The van der Waals surface area contributed by atoms with Gasteiger partial charge in [0.05, 0.1) is 18.2 Å². The monoisotopic (exact) mass is 326 g/mol. The summed E-state index contributed by atoms with van der Waals surface area (Å²) < 4.78 is 29.0. The van der Waals surface area contributed by atoms with Gasteiger partial charge in [0.25, 0.3) is 0 Å². The van der Waals surface area contributed by atoms with Crippen LogP contribution in [0, 0.1) is 11.6 Å². The fourth-order valence-electron chi connectivity index (χ4n) is 2.60. The lowest BCUT2D eigenvalue weighted by molar-refractivity contribution is -0.116. The van der Waals surface area contributed by atoms with E-state index in [1.165, 1.54) is 24.3 Å². The molecule has 0 spiro atoms. The van der Waals surface area contributed by atoms with Crippen molar-refractivity contribution in [3.8, 4) is 0 Å². The number of carbonyl (C=O) groups is 1. The van der Waals surface area contributed by atoms with Crippen LogP contribution in [0.4, 0.5) is 14.5 Å². The van der Waals surface area contributed by atoms with E-state index in [0.29, 0.717) is 5.56 Å². The molecule has 1 N–H and O–H groups in total. The third kappa shape index (κ3) is 3.68. The van der Waals surface area contributed by atoms with Gasteiger partial charge in [-0.2, -0.15) is 0 Å². The van der Waals surface area contributed by atoms with E-state index in [-0.39, 0.29) is 29.9 Å². The molecule has 3 aromatic rings. The average molecular weight is 326 g/mol. The van der Waals surface area contributed by atoms with Crippen LogP contribution in [0.25, 0.3) is 0 Å². The van der Waals surface area contributed by atoms with Gasteiger partial charge < -0.3 is 9.88 Å². The van der Waals surface area contributed by atoms with Crippen LogP contribution < -0.4 is 5.32 Å². The summed E-state index contributed by atoms with van der Waals surface area (Å²) in [6, 6.07) is 15.4. The Morgan fingerprint density at radius 2 is 1.75 bits per heavy atom. The molecule has 24 heavy (non-hydrogen) atoms. The van der Waals surface area contributed by atoms with Gasteiger partial charge in [-0.3, -0.25) is 4.79 Å². The zero-order chi connectivity index (χ0) is 16.9. The van der Waals surface area contributed by atoms with Crippen LogP contribution in [-0.2, 0) is 4.79 Å². The number of nitrogens with one attached hydrogen (secondary N) is 1. The number of para-hydroxylation sites is 1. The van der Waals surface area contributed by atoms with E-state index in [1.54, 1.807) is 24.3 Å². The number of nitrogens with zero attached hydrogens (tertiary/aromatic N) is 1. The highest BCUT2D eigenvalue weighted by Crippen LogP contribution is 2.24. The first-order valence-electron chi connectivity index (χ1n) is 7.56. The maximum absolute atomic E-state index is 13.7. The molecule has 0 aliphatic carbocycles. The number of hydrogen-bond acceptors (Lipinski definition) is 1. The SMILES string of the molecule is O=C(C[C@H](c1cccc(F)c1)n1cccc1)Nc1ccccc1F. The Labute approximate surface area is 138 Å². The lowest BCUT2D eigenvalue weighted by Crippen LogP contribution is -2.20. The fraction of sp³-hybridized carbons (Fsp3) is 0.105. The second-order valence-corrected chi connectivity index (χ2v) is 5.43. The van der Waals surface area contributed by atoms with Crippen LogP contribution in [0.3, 0.4) is 0 Å². The molecule has 5 heteroatoms. The van der Waals surface area contributed by atoms with Crippen LogP contribution in [0.5, 0.6) is 0 Å². The van der Waals surface area contributed by atoms with Crippen molar-refractivity contribution in [1.29, 1.82) is 0 Å². The Balaban J connectivity index is 1.82. The molecule has 1 aromatic heterocycles. The zero-order valence-electron chi connectivity index (χ0n) is 12.8. The van der Waals surface area contributed by atoms with Crippen molar-refractivity contribution in [2.24, 2.45) is 0 Å². The Morgan fingerprint density at radius 1 is 1.00 bits per heavy atom. The lowest BCUT2D eigenvalue weighted by Gasteiger charge is -2.19. The minimum atomic E-state index is -0.492. The van der Waals surface area contributed by atoms with Gasteiger partial charge in [0.1, 0.15) is 11.6 Å². The summed E-state index contributed by atoms with van der Waals surface area (Å²) in [6.45, 7) is 0. The van der Waals surface area contributed by atoms with Crippen LogP contribution in [0.2, 0.25) is 0 Å². The topological polar surface area (TPSA) is 34.0 Å². The molecule has 0 bridgehead atoms. The highest BCUT2D eigenvalue weighted by Gasteiger charge is 2.18. The van der Waals surface area contributed by atoms with Crippen molar-refractivity contribution in [3.63, 3.8) is 0 Å². The van der Waals surface area contributed by atoms with Crippen molar-refractivity contribution in [2.45, 2.75) is 12.5 Å². The van der Waals surface area contributed by atoms with E-state index < -0.39 is 5.82 Å². The summed E-state index contributed by atoms with van der Waals surface area (Å²) in [5.74, 6) is -1.20. The standard InChI is InChI=1S/C19H16F2N2O/c20-15-7-5-6-14(12-15)18(23-10-3-4-11-23)13-19(24)22-17-9-2-1-8-16(17)21/h1-12,18H,13H2,(H,22,24)/t18-/m1/s1. The van der Waals surface area contributed by atoms with E-state index in [4.69, 9.17) is 0 Å². The average Bonchev–Trinajstić information content (AvgIpc) is 3.09. The van der Waals surface area contributed by atoms with Crippen molar-refractivity contribution < 1.29 is 13.6 Å². The Kier molecular flexibility index (Phi) is 4.70. The fourth-order valence-corrected chi connectivity index (χ4v) is 2.60. The molecular weight excluding hydrogens is 310 g/mol. The van der Waals surface area contributed by atoms with Gasteiger partial charge >= 0.3 is 0 Å². The Morgan fingerprint density at radius 3 is 2.46 bits per heavy atom. The summed E-state index contributed by atoms with van der Waals surface area (Å²) in [6.07, 6.45) is 3.68. The molecule has 0 saturated heterocycles. The number of carbonyl (C=O) groups excluding carboxylic acids is 1. The van der Waals surface area contributed by atoms with Gasteiger partial charge in [-0.05, 0) is 42.0 Å². The van der Waals surface area contributed by atoms with Gasteiger partial charge in [0, 0.05) is 12.4 Å². The molecule has 2 aromatic carbocycles. The lowest BCUT2D eigenvalue weighted by atomic mass is 10.0. The van der Waals surface area contributed by atoms with E-state index in [9.17, 15) is 13.6 Å². The number of benzene rings is 2. The number of rotatable bonds is 5. The van der Waals surface area contributed by atoms with Crippen molar-refractivity contribution in [2.75, 3.05) is 5.32 Å². The maximum Gasteiger partial charge on any atom is 0.226 e. The number of hydrogen-bond donors (Lipinski definition) is 1. The highest BCUT2D eigenvalue weighted by atomic mass is 19.1. The third-order valence-electron chi connectivity index (χ3n) is 3.75. The molecule has 0 aliphatic heterocycles. The van der Waals surface area contributed by atoms with Crippen molar-refractivity contribution >= 4 is 11.6 Å². The van der Waals surface area contributed by atoms with Gasteiger partial charge in [-0.1, -0.05) is 24.3 Å². The first-order chi connectivity index (χ1) is 11.6. The molecule has 0 aliphatic rings. The predicted molar refractivity (Wildman–Crippen MR) is 88.6 cm³/mol. The maximum atomic E-state index is 13.7. The molecular formula is C19H16F2N2O. The van der Waals surface area contributed by atoms with Gasteiger partial charge in [-0.15, -0.1) is 0 Å². The van der Waals surface area contributed by atoms with Crippen LogP contribution in [0.15, 0.2) is 73.1 Å². The van der Waals surface area contributed by atoms with E-state index in [1.807, 2.05) is 29.1 Å². The van der Waals surface area contributed by atoms with Crippen LogP contribution in [-0.4, -0.2) is 10.5 Å². The second-order valence-electron chi connectivity index (χ2n) is 5.43. The molecule has 3 nitrogen and oxygen atoms in total. The second kappa shape index (κ2) is 7.08.